The Kier molecular flexibility index (Phi) is 9.21. The Morgan fingerprint density at radius 3 is 2.42 bits per heavy atom. The fourth-order valence-corrected chi connectivity index (χ4v) is 4.78. The molecule has 2 aromatic rings. The van der Waals surface area contributed by atoms with Gasteiger partial charge < -0.3 is 19.7 Å². The average molecular weight is 536 g/mol. The first kappa shape index (κ1) is 27.8. The van der Waals surface area contributed by atoms with E-state index in [-0.39, 0.29) is 69.3 Å². The Bertz CT molecular complexity index is 1150. The van der Waals surface area contributed by atoms with E-state index in [4.69, 9.17) is 9.47 Å². The van der Waals surface area contributed by atoms with Gasteiger partial charge in [0.1, 0.15) is 0 Å². The van der Waals surface area contributed by atoms with Gasteiger partial charge in [0.15, 0.2) is 0 Å². The van der Waals surface area contributed by atoms with E-state index >= 15 is 0 Å². The van der Waals surface area contributed by atoms with Gasteiger partial charge in [-0.2, -0.15) is 22.6 Å². The third-order valence-corrected chi connectivity index (χ3v) is 7.35. The van der Waals surface area contributed by atoms with Crippen LogP contribution in [0, 0.1) is 6.92 Å². The lowest BCUT2D eigenvalue weighted by Crippen LogP contribution is -2.50. The molecule has 3 heterocycles. The standard InChI is InChI=1S/C20H28F3N7O5S/c1-14-17(11-26-28-18(14)31)27-16(12-34-2)13-35-7-8-36(32,33)30-5-3-29(4-6-30)19-24-9-15(10-25-19)20(21,22)23/h9-11,16H,3-8,12-13H2,1-2H3,(H2,27,28,31)/t16-/m0/s1. The summed E-state index contributed by atoms with van der Waals surface area (Å²) < 4.78 is 75.5. The van der Waals surface area contributed by atoms with E-state index in [0.717, 1.165) is 0 Å². The molecule has 200 valence electrons. The third kappa shape index (κ3) is 7.35. The summed E-state index contributed by atoms with van der Waals surface area (Å²) in [6, 6.07) is -0.340. The molecule has 0 aliphatic carbocycles. The second-order valence-electron chi connectivity index (χ2n) is 8.08. The van der Waals surface area contributed by atoms with Crippen molar-refractivity contribution < 1.29 is 31.1 Å². The van der Waals surface area contributed by atoms with Crippen LogP contribution in [0.1, 0.15) is 11.1 Å². The summed E-state index contributed by atoms with van der Waals surface area (Å²) in [7, 11) is -2.10. The molecule has 0 aromatic carbocycles. The monoisotopic (exact) mass is 535 g/mol. The number of rotatable bonds is 11. The number of piperazine rings is 1. The van der Waals surface area contributed by atoms with Gasteiger partial charge in [-0.25, -0.2) is 23.5 Å². The lowest BCUT2D eigenvalue weighted by Gasteiger charge is -2.34. The minimum absolute atomic E-state index is 0.0565. The van der Waals surface area contributed by atoms with Crippen LogP contribution in [0.25, 0.3) is 0 Å². The Morgan fingerprint density at radius 2 is 1.81 bits per heavy atom. The molecular formula is C20H28F3N7O5S. The number of nitrogens with one attached hydrogen (secondary N) is 2. The van der Waals surface area contributed by atoms with Crippen LogP contribution in [0.3, 0.4) is 0 Å². The van der Waals surface area contributed by atoms with Crippen molar-refractivity contribution in [2.75, 3.05) is 69.1 Å². The fourth-order valence-electron chi connectivity index (χ4n) is 3.47. The normalized spacial score (nSPS) is 16.2. The smallest absolute Gasteiger partial charge is 0.382 e. The first-order valence-corrected chi connectivity index (χ1v) is 12.6. The van der Waals surface area contributed by atoms with Crippen LogP contribution in [0.4, 0.5) is 24.8 Å². The molecule has 16 heteroatoms. The minimum atomic E-state index is -4.52. The van der Waals surface area contributed by atoms with E-state index < -0.39 is 21.8 Å². The van der Waals surface area contributed by atoms with Crippen molar-refractivity contribution in [2.45, 2.75) is 19.1 Å². The number of alkyl halides is 3. The van der Waals surface area contributed by atoms with Gasteiger partial charge in [-0.3, -0.25) is 4.79 Å². The van der Waals surface area contributed by atoms with Gasteiger partial charge in [-0.1, -0.05) is 0 Å². The molecule has 0 spiro atoms. The summed E-state index contributed by atoms with van der Waals surface area (Å²) in [4.78, 5) is 20.9. The summed E-state index contributed by atoms with van der Waals surface area (Å²) in [6.45, 7) is 2.76. The number of halogens is 3. The highest BCUT2D eigenvalue weighted by Crippen LogP contribution is 2.28. The van der Waals surface area contributed by atoms with E-state index in [1.165, 1.54) is 17.6 Å². The van der Waals surface area contributed by atoms with Gasteiger partial charge >= 0.3 is 6.18 Å². The molecular weight excluding hydrogens is 507 g/mol. The van der Waals surface area contributed by atoms with Gasteiger partial charge in [0, 0.05) is 51.2 Å². The molecule has 0 amide bonds. The number of aromatic nitrogens is 4. The second kappa shape index (κ2) is 11.9. The number of anilines is 2. The molecule has 12 nitrogen and oxygen atoms in total. The predicted octanol–water partition coefficient (Wildman–Crippen LogP) is 0.483. The van der Waals surface area contributed by atoms with Crippen molar-refractivity contribution in [1.29, 1.82) is 0 Å². The Hall–Kier alpha value is -2.82. The van der Waals surface area contributed by atoms with E-state index in [0.29, 0.717) is 23.6 Å². The molecule has 1 aliphatic heterocycles. The maximum absolute atomic E-state index is 12.7. The van der Waals surface area contributed by atoms with Crippen molar-refractivity contribution in [2.24, 2.45) is 0 Å². The van der Waals surface area contributed by atoms with Crippen LogP contribution in [-0.2, 0) is 25.7 Å². The number of H-pyrrole nitrogens is 1. The zero-order valence-corrected chi connectivity index (χ0v) is 20.6. The van der Waals surface area contributed by atoms with Crippen LogP contribution in [-0.4, -0.2) is 97.8 Å². The van der Waals surface area contributed by atoms with Crippen LogP contribution < -0.4 is 15.8 Å². The van der Waals surface area contributed by atoms with Gasteiger partial charge in [0.25, 0.3) is 5.56 Å². The van der Waals surface area contributed by atoms with Crippen molar-refractivity contribution in [3.8, 4) is 0 Å². The van der Waals surface area contributed by atoms with E-state index in [9.17, 15) is 26.4 Å². The quantitative estimate of drug-likeness (QED) is 0.390. The zero-order valence-electron chi connectivity index (χ0n) is 19.8. The maximum Gasteiger partial charge on any atom is 0.419 e. The molecule has 1 saturated heterocycles. The summed E-state index contributed by atoms with van der Waals surface area (Å²) in [5.74, 6) is -0.124. The first-order valence-electron chi connectivity index (χ1n) is 11.0. The van der Waals surface area contributed by atoms with Crippen LogP contribution >= 0.6 is 0 Å². The molecule has 3 rings (SSSR count). The highest BCUT2D eigenvalue weighted by atomic mass is 32.2. The summed E-state index contributed by atoms with van der Waals surface area (Å²) in [5.41, 5.74) is -0.297. The predicted molar refractivity (Wildman–Crippen MR) is 124 cm³/mol. The number of methoxy groups -OCH3 is 1. The SMILES string of the molecule is COC[C@@H](COCCS(=O)(=O)N1CCN(c2ncc(C(F)(F)F)cn2)CC1)Nc1cn[nH]c(=O)c1C. The van der Waals surface area contributed by atoms with Crippen molar-refractivity contribution in [3.63, 3.8) is 0 Å². The maximum atomic E-state index is 12.7. The summed E-state index contributed by atoms with van der Waals surface area (Å²) in [6.07, 6.45) is -1.63. The van der Waals surface area contributed by atoms with Gasteiger partial charge in [-0.15, -0.1) is 0 Å². The zero-order chi connectivity index (χ0) is 26.3. The molecule has 36 heavy (non-hydrogen) atoms. The molecule has 0 saturated carbocycles. The Labute approximate surface area is 205 Å². The van der Waals surface area contributed by atoms with Gasteiger partial charge in [-0.05, 0) is 6.92 Å². The highest BCUT2D eigenvalue weighted by molar-refractivity contribution is 7.89. The molecule has 2 N–H and O–H groups in total. The highest BCUT2D eigenvalue weighted by Gasteiger charge is 2.32. The van der Waals surface area contributed by atoms with Crippen LogP contribution in [0.15, 0.2) is 23.4 Å². The molecule has 1 atom stereocenters. The van der Waals surface area contributed by atoms with Crippen LogP contribution in [0.5, 0.6) is 0 Å². The topological polar surface area (TPSA) is 143 Å². The Morgan fingerprint density at radius 1 is 1.14 bits per heavy atom. The fraction of sp³-hybridized carbons (Fsp3) is 0.600. The van der Waals surface area contributed by atoms with E-state index in [1.807, 2.05) is 0 Å². The molecule has 0 unspecified atom stereocenters. The number of nitrogens with zero attached hydrogens (tertiary/aromatic N) is 5. The summed E-state index contributed by atoms with van der Waals surface area (Å²) in [5, 5.41) is 9.20. The molecule has 0 radical (unpaired) electrons. The number of aromatic amines is 1. The average Bonchev–Trinajstić information content (AvgIpc) is 2.84. The van der Waals surface area contributed by atoms with E-state index in [1.54, 1.807) is 11.8 Å². The Balaban J connectivity index is 1.46. The minimum Gasteiger partial charge on any atom is -0.382 e. The van der Waals surface area contributed by atoms with Crippen LogP contribution in [0.2, 0.25) is 0 Å². The number of hydrogen-bond acceptors (Lipinski definition) is 10. The summed E-state index contributed by atoms with van der Waals surface area (Å²) >= 11 is 0. The van der Waals surface area contributed by atoms with Crippen molar-refractivity contribution in [3.05, 3.63) is 40.1 Å². The molecule has 2 aromatic heterocycles. The lowest BCUT2D eigenvalue weighted by molar-refractivity contribution is -0.138. The van der Waals surface area contributed by atoms with Crippen molar-refractivity contribution in [1.82, 2.24) is 24.5 Å². The van der Waals surface area contributed by atoms with Gasteiger partial charge in [0.2, 0.25) is 16.0 Å². The molecule has 0 bridgehead atoms. The first-order chi connectivity index (χ1) is 17.0. The van der Waals surface area contributed by atoms with E-state index in [2.05, 4.69) is 25.5 Å². The third-order valence-electron chi connectivity index (χ3n) is 5.52. The largest absolute Gasteiger partial charge is 0.419 e. The van der Waals surface area contributed by atoms with Crippen molar-refractivity contribution >= 4 is 21.7 Å². The molecule has 1 aliphatic rings. The second-order valence-corrected chi connectivity index (χ2v) is 10.2. The number of ether oxygens (including phenoxy) is 2. The lowest BCUT2D eigenvalue weighted by atomic mass is 10.2. The molecule has 1 fully saturated rings. The number of hydrogen-bond donors (Lipinski definition) is 2. The van der Waals surface area contributed by atoms with Gasteiger partial charge in [0.05, 0.1) is 49.1 Å². The number of sulfonamides is 1.